The highest BCUT2D eigenvalue weighted by atomic mass is 33.1. The van der Waals surface area contributed by atoms with Crippen molar-refractivity contribution in [1.29, 1.82) is 0 Å². The maximum Gasteiger partial charge on any atom is 0.326 e. The van der Waals surface area contributed by atoms with Gasteiger partial charge in [0.2, 0.25) is 23.6 Å². The lowest BCUT2D eigenvalue weighted by atomic mass is 9.89. The van der Waals surface area contributed by atoms with Crippen molar-refractivity contribution in [2.24, 2.45) is 17.6 Å². The van der Waals surface area contributed by atoms with Crippen molar-refractivity contribution in [3.63, 3.8) is 0 Å². The van der Waals surface area contributed by atoms with Crippen molar-refractivity contribution in [3.05, 3.63) is 71.8 Å². The molecule has 71 heavy (non-hydrogen) atoms. The van der Waals surface area contributed by atoms with E-state index in [1.165, 1.54) is 21.6 Å². The summed E-state index contributed by atoms with van der Waals surface area (Å²) in [6.07, 6.45) is -3.45. The van der Waals surface area contributed by atoms with Gasteiger partial charge >= 0.3 is 29.9 Å². The van der Waals surface area contributed by atoms with Crippen LogP contribution in [-0.4, -0.2) is 147 Å². The van der Waals surface area contributed by atoms with E-state index in [0.717, 1.165) is 0 Å². The second kappa shape index (κ2) is 32.7. The number of carboxylic acid groups (broad SMARTS) is 4. The molecule has 6 amide bonds. The van der Waals surface area contributed by atoms with Gasteiger partial charge in [0, 0.05) is 56.9 Å². The minimum absolute atomic E-state index is 0.00106. The lowest BCUT2D eigenvalue weighted by molar-refractivity contribution is -0.144. The summed E-state index contributed by atoms with van der Waals surface area (Å²) in [5.41, 5.74) is 7.38. The molecule has 0 bridgehead atoms. The molecule has 0 saturated heterocycles. The van der Waals surface area contributed by atoms with E-state index in [2.05, 4.69) is 36.6 Å². The van der Waals surface area contributed by atoms with Crippen LogP contribution in [0.5, 0.6) is 0 Å². The number of nitrogens with one attached hydrogen (secondary N) is 6. The number of Topliss-reactive ketones (excluding diaryl/α,β-unsaturated/α-hetero) is 2. The number of carboxylic acids is 4. The molecular formula is C45H59N7O17S2. The van der Waals surface area contributed by atoms with Crippen molar-refractivity contribution in [3.8, 4) is 0 Å². The zero-order valence-corrected chi connectivity index (χ0v) is 40.2. The summed E-state index contributed by atoms with van der Waals surface area (Å²) in [5.74, 6) is -12.2. The fourth-order valence-corrected chi connectivity index (χ4v) is 8.04. The second-order valence-electron chi connectivity index (χ2n) is 15.8. The first kappa shape index (κ1) is 60.1. The molecule has 0 radical (unpaired) electrons. The van der Waals surface area contributed by atoms with Gasteiger partial charge in [-0.15, -0.1) is 0 Å². The highest BCUT2D eigenvalue weighted by Gasteiger charge is 2.32. The van der Waals surface area contributed by atoms with Gasteiger partial charge in [-0.05, 0) is 36.6 Å². The van der Waals surface area contributed by atoms with Crippen LogP contribution in [-0.2, 0) is 70.3 Å². The van der Waals surface area contributed by atoms with Crippen molar-refractivity contribution in [1.82, 2.24) is 31.9 Å². The molecule has 26 heteroatoms. The predicted molar refractivity (Wildman–Crippen MR) is 255 cm³/mol. The van der Waals surface area contributed by atoms with E-state index in [1.807, 2.05) is 0 Å². The van der Waals surface area contributed by atoms with E-state index in [-0.39, 0.29) is 44.5 Å². The first-order chi connectivity index (χ1) is 33.7. The number of nitrogens with two attached hydrogens (primary N) is 1. The Kier molecular flexibility index (Phi) is 27.7. The number of rotatable bonds is 36. The summed E-state index contributed by atoms with van der Waals surface area (Å²) in [4.78, 5) is 149. The number of hydrogen-bond acceptors (Lipinski definition) is 16. The van der Waals surface area contributed by atoms with Gasteiger partial charge in [0.05, 0.1) is 30.8 Å². The number of carbonyl (C=O) groups excluding carboxylic acids is 8. The van der Waals surface area contributed by atoms with Crippen molar-refractivity contribution >= 4 is 93.2 Å². The van der Waals surface area contributed by atoms with Gasteiger partial charge < -0.3 is 62.8 Å². The van der Waals surface area contributed by atoms with Crippen LogP contribution < -0.4 is 37.6 Å². The fourth-order valence-electron chi connectivity index (χ4n) is 6.58. The fraction of sp³-hybridized carbons (Fsp3) is 0.467. The Morgan fingerprint density at radius 1 is 0.620 bits per heavy atom. The summed E-state index contributed by atoms with van der Waals surface area (Å²) in [5, 5.41) is 51.5. The van der Waals surface area contributed by atoms with Crippen LogP contribution in [0.3, 0.4) is 0 Å². The number of urea groups is 1. The minimum Gasteiger partial charge on any atom is -0.481 e. The van der Waals surface area contributed by atoms with E-state index < -0.39 is 152 Å². The molecule has 12 N–H and O–H groups in total. The summed E-state index contributed by atoms with van der Waals surface area (Å²) in [7, 11) is 2.47. The highest BCUT2D eigenvalue weighted by Crippen LogP contribution is 2.23. The van der Waals surface area contributed by atoms with Gasteiger partial charge in [-0.2, -0.15) is 0 Å². The Hall–Kier alpha value is -7.06. The molecule has 24 nitrogen and oxygen atoms in total. The second-order valence-corrected chi connectivity index (χ2v) is 18.4. The number of ketones is 2. The number of benzene rings is 2. The Morgan fingerprint density at radius 2 is 1.23 bits per heavy atom. The maximum absolute atomic E-state index is 14.1. The first-order valence-electron chi connectivity index (χ1n) is 22.0. The number of carbonyl (C=O) groups is 12. The molecule has 0 aliphatic rings. The van der Waals surface area contributed by atoms with Gasteiger partial charge in [0.1, 0.15) is 12.1 Å². The highest BCUT2D eigenvalue weighted by molar-refractivity contribution is 8.76. The van der Waals surface area contributed by atoms with E-state index in [1.54, 1.807) is 66.9 Å². The van der Waals surface area contributed by atoms with Gasteiger partial charge in [0.25, 0.3) is 6.47 Å². The smallest absolute Gasteiger partial charge is 0.326 e. The Bertz CT molecular complexity index is 2160. The van der Waals surface area contributed by atoms with Crippen LogP contribution >= 0.6 is 21.6 Å². The molecule has 7 atom stereocenters. The molecule has 0 aliphatic heterocycles. The zero-order valence-electron chi connectivity index (χ0n) is 38.6. The SMILES string of the molecule is CSSC[C@@H](CC(=O)[C@H](CC(=O)O)NC(=O)[C@@H](N)CNC(=O)[C@@H](CC(=O)[C@H](Cc1ccccc1)NC(=O)CCNC(=O)CC[C@H](NC(=O)N[C@@H](CCC(=O)O)OC=O)C(=O)O)Cc1ccccc1)C(=O)O. The molecule has 2 rings (SSSR count). The van der Waals surface area contributed by atoms with Crippen molar-refractivity contribution in [2.75, 3.05) is 25.1 Å². The molecule has 0 aliphatic carbocycles. The van der Waals surface area contributed by atoms with E-state index in [9.17, 15) is 72.9 Å². The third-order valence-corrected chi connectivity index (χ3v) is 12.2. The average molecular weight is 1030 g/mol. The predicted octanol–water partition coefficient (Wildman–Crippen LogP) is 0.00900. The lowest BCUT2D eigenvalue weighted by Gasteiger charge is -2.23. The van der Waals surface area contributed by atoms with Crippen LogP contribution in [0, 0.1) is 11.8 Å². The van der Waals surface area contributed by atoms with Crippen LogP contribution in [0.2, 0.25) is 0 Å². The van der Waals surface area contributed by atoms with E-state index in [0.29, 0.717) is 11.1 Å². The monoisotopic (exact) mass is 1030 g/mol. The summed E-state index contributed by atoms with van der Waals surface area (Å²) < 4.78 is 4.60. The molecule has 0 saturated carbocycles. The number of ether oxygens (including phenoxy) is 1. The molecule has 0 heterocycles. The minimum atomic E-state index is -1.62. The largest absolute Gasteiger partial charge is 0.481 e. The zero-order chi connectivity index (χ0) is 52.9. The normalized spacial score (nSPS) is 13.7. The quantitative estimate of drug-likeness (QED) is 0.0243. The molecule has 0 aromatic heterocycles. The molecule has 2 aromatic rings. The molecule has 0 fully saturated rings. The summed E-state index contributed by atoms with van der Waals surface area (Å²) >= 11 is 0. The molecule has 0 unspecified atom stereocenters. The van der Waals surface area contributed by atoms with Gasteiger partial charge in [-0.1, -0.05) is 82.3 Å². The van der Waals surface area contributed by atoms with Gasteiger partial charge in [0.15, 0.2) is 17.8 Å². The van der Waals surface area contributed by atoms with E-state index in [4.69, 9.17) is 10.8 Å². The maximum atomic E-state index is 14.1. The topological polar surface area (TPSA) is 393 Å². The Balaban J connectivity index is 2.12. The number of aliphatic carboxylic acids is 4. The molecular weight excluding hydrogens is 975 g/mol. The van der Waals surface area contributed by atoms with Crippen LogP contribution in [0.4, 0.5) is 4.79 Å². The van der Waals surface area contributed by atoms with Crippen molar-refractivity contribution < 1.29 is 82.7 Å². The number of hydrogen-bond donors (Lipinski definition) is 11. The first-order valence-corrected chi connectivity index (χ1v) is 24.7. The number of amides is 6. The van der Waals surface area contributed by atoms with Crippen LogP contribution in [0.25, 0.3) is 0 Å². The summed E-state index contributed by atoms with van der Waals surface area (Å²) in [6, 6.07) is 10.2. The summed E-state index contributed by atoms with van der Waals surface area (Å²) in [6.45, 7) is -0.802. The van der Waals surface area contributed by atoms with Gasteiger partial charge in [-0.25, -0.2) is 9.59 Å². The third kappa shape index (κ3) is 24.9. The van der Waals surface area contributed by atoms with Crippen LogP contribution in [0.15, 0.2) is 60.7 Å². The standard InChI is InChI=1S/C45H59N7O17S2/c1-70-71-24-29(43(64)65)21-35(55)33(22-40(60)61)50-42(63)30(46)23-48-41(62)28(18-26-8-4-2-5-9-26)20-34(54)32(19-27-10-6-3-7-11-27)49-37(57)16-17-47-36(56)13-12-31(44(66)67)51-45(68)52-38(69-25-53)14-15-39(58)59/h2-11,25,28-33,38H,12-24,46H2,1H3,(H,47,56)(H,48,62)(H,49,57)(H,50,63)(H,58,59)(H,60,61)(H,64,65)(H,66,67)(H2,51,52,68)/t28-,29-,30+,31+,32+,33+,38-/m1/s1. The Morgan fingerprint density at radius 3 is 1.79 bits per heavy atom. The lowest BCUT2D eigenvalue weighted by Crippen LogP contribution is -2.53. The van der Waals surface area contributed by atoms with Crippen molar-refractivity contribution in [2.45, 2.75) is 94.6 Å². The molecule has 2 aromatic carbocycles. The van der Waals surface area contributed by atoms with E-state index >= 15 is 0 Å². The van der Waals surface area contributed by atoms with Crippen LogP contribution in [0.1, 0.15) is 62.5 Å². The average Bonchev–Trinajstić information content (AvgIpc) is 3.32. The Labute approximate surface area is 415 Å². The van der Waals surface area contributed by atoms with Gasteiger partial charge in [-0.3, -0.25) is 47.9 Å². The molecule has 388 valence electrons. The molecule has 0 spiro atoms. The third-order valence-electron chi connectivity index (χ3n) is 10.3.